The molecule has 1 aromatic carbocycles. The molecule has 0 aliphatic rings. The van der Waals surface area contributed by atoms with Crippen molar-refractivity contribution >= 4 is 59.0 Å². The Bertz CT molecular complexity index is 584. The number of hydrogen-bond donors (Lipinski definition) is 2. The number of likely N-dealkylation sites (N-methyl/N-ethyl adjacent to an activating group) is 1. The number of hydrogen-bond acceptors (Lipinski definition) is 2. The van der Waals surface area contributed by atoms with E-state index < -0.39 is 5.82 Å². The van der Waals surface area contributed by atoms with E-state index in [1.165, 1.54) is 17.0 Å². The summed E-state index contributed by atoms with van der Waals surface area (Å²) in [5.74, 6) is -0.222. The molecule has 0 saturated carbocycles. The van der Waals surface area contributed by atoms with Gasteiger partial charge in [-0.25, -0.2) is 4.39 Å². The number of nitrogens with zero attached hydrogens (tertiary/aromatic N) is 2. The van der Waals surface area contributed by atoms with Crippen LogP contribution in [0.3, 0.4) is 0 Å². The number of carbonyl (C=O) groups is 1. The SMILES string of the molecule is CN=C(NCC(=O)N(C)C)NC(C)c1cc(F)c(Cl)cc1Cl.I. The third-order valence-corrected chi connectivity index (χ3v) is 3.61. The van der Waals surface area contributed by atoms with Gasteiger partial charge in [-0.2, -0.15) is 0 Å². The Labute approximate surface area is 162 Å². The highest BCUT2D eigenvalue weighted by atomic mass is 127. The highest BCUT2D eigenvalue weighted by Gasteiger charge is 2.15. The largest absolute Gasteiger partial charge is 0.350 e. The first-order valence-corrected chi connectivity index (χ1v) is 7.33. The molecule has 0 radical (unpaired) electrons. The van der Waals surface area contributed by atoms with Gasteiger partial charge in [0.05, 0.1) is 17.6 Å². The molecule has 1 unspecified atom stereocenters. The zero-order valence-electron chi connectivity index (χ0n) is 13.3. The highest BCUT2D eigenvalue weighted by Crippen LogP contribution is 2.28. The van der Waals surface area contributed by atoms with Crippen LogP contribution in [0.4, 0.5) is 4.39 Å². The third-order valence-electron chi connectivity index (χ3n) is 2.99. The maximum atomic E-state index is 13.6. The van der Waals surface area contributed by atoms with Crippen molar-refractivity contribution in [2.75, 3.05) is 27.7 Å². The molecule has 0 aliphatic carbocycles. The molecule has 0 fully saturated rings. The minimum absolute atomic E-state index is 0. The third kappa shape index (κ3) is 6.68. The minimum atomic E-state index is -0.541. The van der Waals surface area contributed by atoms with Crippen molar-refractivity contribution in [2.45, 2.75) is 13.0 Å². The van der Waals surface area contributed by atoms with E-state index in [1.807, 2.05) is 0 Å². The van der Waals surface area contributed by atoms with Crippen LogP contribution in [-0.2, 0) is 4.79 Å². The van der Waals surface area contributed by atoms with Gasteiger partial charge in [0, 0.05) is 26.2 Å². The molecule has 0 aliphatic heterocycles. The normalized spacial score (nSPS) is 12.2. The van der Waals surface area contributed by atoms with E-state index in [9.17, 15) is 9.18 Å². The number of amides is 1. The molecule has 130 valence electrons. The number of rotatable bonds is 4. The van der Waals surface area contributed by atoms with Crippen LogP contribution in [0.25, 0.3) is 0 Å². The lowest BCUT2D eigenvalue weighted by Crippen LogP contribution is -2.43. The molecule has 1 rings (SSSR count). The molecule has 1 amide bonds. The molecule has 2 N–H and O–H groups in total. The van der Waals surface area contributed by atoms with Crippen LogP contribution in [-0.4, -0.2) is 44.5 Å². The monoisotopic (exact) mass is 476 g/mol. The summed E-state index contributed by atoms with van der Waals surface area (Å²) in [5.41, 5.74) is 0.547. The van der Waals surface area contributed by atoms with Gasteiger partial charge in [-0.3, -0.25) is 9.79 Å². The van der Waals surface area contributed by atoms with Crippen molar-refractivity contribution in [1.29, 1.82) is 0 Å². The molecule has 1 atom stereocenters. The van der Waals surface area contributed by atoms with Crippen LogP contribution in [0.15, 0.2) is 17.1 Å². The number of benzene rings is 1. The fourth-order valence-electron chi connectivity index (χ4n) is 1.66. The molecule has 23 heavy (non-hydrogen) atoms. The Morgan fingerprint density at radius 1 is 1.35 bits per heavy atom. The Morgan fingerprint density at radius 3 is 2.48 bits per heavy atom. The van der Waals surface area contributed by atoms with E-state index >= 15 is 0 Å². The highest BCUT2D eigenvalue weighted by molar-refractivity contribution is 14.0. The van der Waals surface area contributed by atoms with Crippen LogP contribution in [0.2, 0.25) is 10.0 Å². The maximum absolute atomic E-state index is 13.6. The van der Waals surface area contributed by atoms with E-state index in [-0.39, 0.29) is 47.5 Å². The first-order valence-electron chi connectivity index (χ1n) is 6.58. The van der Waals surface area contributed by atoms with Crippen LogP contribution >= 0.6 is 47.2 Å². The standard InChI is InChI=1S/C14H19Cl2FN4O.HI/c1-8(9-5-12(17)11(16)6-10(9)15)20-14(18-2)19-7-13(22)21(3)4;/h5-6,8H,7H2,1-4H3,(H2,18,19,20);1H. The average molecular weight is 477 g/mol. The van der Waals surface area contributed by atoms with Gasteiger partial charge in [-0.05, 0) is 24.6 Å². The second-order valence-corrected chi connectivity index (χ2v) is 5.68. The summed E-state index contributed by atoms with van der Waals surface area (Å²) in [5, 5.41) is 6.25. The van der Waals surface area contributed by atoms with Crippen molar-refractivity contribution in [3.63, 3.8) is 0 Å². The van der Waals surface area contributed by atoms with Gasteiger partial charge in [-0.1, -0.05) is 23.2 Å². The number of halogens is 4. The molecule has 0 spiro atoms. The van der Waals surface area contributed by atoms with E-state index in [4.69, 9.17) is 23.2 Å². The molecule has 0 saturated heterocycles. The predicted molar refractivity (Wildman–Crippen MR) is 103 cm³/mol. The average Bonchev–Trinajstić information content (AvgIpc) is 2.46. The first kappa shape index (κ1) is 22.2. The van der Waals surface area contributed by atoms with Crippen LogP contribution in [0.1, 0.15) is 18.5 Å². The summed E-state index contributed by atoms with van der Waals surface area (Å²) in [4.78, 5) is 17.0. The first-order chi connectivity index (χ1) is 10.3. The zero-order chi connectivity index (χ0) is 16.9. The quantitative estimate of drug-likeness (QED) is 0.304. The fourth-order valence-corrected chi connectivity index (χ4v) is 2.21. The fraction of sp³-hybridized carbons (Fsp3) is 0.429. The van der Waals surface area contributed by atoms with Crippen molar-refractivity contribution in [3.8, 4) is 0 Å². The lowest BCUT2D eigenvalue weighted by molar-refractivity contribution is -0.127. The summed E-state index contributed by atoms with van der Waals surface area (Å²) in [6, 6.07) is 2.32. The summed E-state index contributed by atoms with van der Waals surface area (Å²) < 4.78 is 13.6. The van der Waals surface area contributed by atoms with Gasteiger partial charge in [-0.15, -0.1) is 24.0 Å². The number of aliphatic imine (C=N–C) groups is 1. The van der Waals surface area contributed by atoms with Crippen molar-refractivity contribution in [2.24, 2.45) is 4.99 Å². The maximum Gasteiger partial charge on any atom is 0.241 e. The molecular weight excluding hydrogens is 457 g/mol. The minimum Gasteiger partial charge on any atom is -0.350 e. The Balaban J connectivity index is 0.00000484. The number of carbonyl (C=O) groups excluding carboxylic acids is 1. The van der Waals surface area contributed by atoms with Gasteiger partial charge in [0.2, 0.25) is 5.91 Å². The predicted octanol–water partition coefficient (Wildman–Crippen LogP) is 3.06. The Morgan fingerprint density at radius 2 is 1.96 bits per heavy atom. The zero-order valence-corrected chi connectivity index (χ0v) is 17.1. The van der Waals surface area contributed by atoms with Gasteiger partial charge >= 0.3 is 0 Å². The van der Waals surface area contributed by atoms with E-state index in [0.29, 0.717) is 16.5 Å². The van der Waals surface area contributed by atoms with Crippen LogP contribution in [0, 0.1) is 5.82 Å². The molecule has 0 heterocycles. The van der Waals surface area contributed by atoms with Gasteiger partial charge in [0.15, 0.2) is 5.96 Å². The second-order valence-electron chi connectivity index (χ2n) is 4.87. The molecule has 5 nitrogen and oxygen atoms in total. The Kier molecular flexibility index (Phi) is 9.79. The smallest absolute Gasteiger partial charge is 0.241 e. The summed E-state index contributed by atoms with van der Waals surface area (Å²) in [6.45, 7) is 1.90. The van der Waals surface area contributed by atoms with Crippen LogP contribution < -0.4 is 10.6 Å². The number of nitrogens with one attached hydrogen (secondary N) is 2. The summed E-state index contributed by atoms with van der Waals surface area (Å²) in [6.07, 6.45) is 0. The number of guanidine groups is 1. The van der Waals surface area contributed by atoms with Crippen molar-refractivity contribution in [1.82, 2.24) is 15.5 Å². The van der Waals surface area contributed by atoms with Gasteiger partial charge in [0.25, 0.3) is 0 Å². The van der Waals surface area contributed by atoms with E-state index in [1.54, 1.807) is 28.1 Å². The molecule has 1 aromatic rings. The lowest BCUT2D eigenvalue weighted by atomic mass is 10.1. The summed E-state index contributed by atoms with van der Waals surface area (Å²) >= 11 is 11.8. The van der Waals surface area contributed by atoms with Crippen molar-refractivity contribution in [3.05, 3.63) is 33.6 Å². The van der Waals surface area contributed by atoms with Gasteiger partial charge in [0.1, 0.15) is 5.82 Å². The molecule has 0 aromatic heterocycles. The van der Waals surface area contributed by atoms with Gasteiger partial charge < -0.3 is 15.5 Å². The van der Waals surface area contributed by atoms with Crippen LogP contribution in [0.5, 0.6) is 0 Å². The summed E-state index contributed by atoms with van der Waals surface area (Å²) in [7, 11) is 4.91. The lowest BCUT2D eigenvalue weighted by Gasteiger charge is -2.20. The topological polar surface area (TPSA) is 56.7 Å². The Hall–Kier alpha value is -0.800. The molecule has 9 heteroatoms. The van der Waals surface area contributed by atoms with Crippen molar-refractivity contribution < 1.29 is 9.18 Å². The molecule has 0 bridgehead atoms. The van der Waals surface area contributed by atoms with E-state index in [2.05, 4.69) is 15.6 Å². The molecular formula is C14H20Cl2FIN4O. The second kappa shape index (κ2) is 10.1. The van der Waals surface area contributed by atoms with E-state index in [0.717, 1.165) is 0 Å².